The molecule has 0 spiro atoms. The van der Waals surface area contributed by atoms with Crippen molar-refractivity contribution in [3.05, 3.63) is 35.9 Å². The molecule has 18 heavy (non-hydrogen) atoms. The number of benzene rings is 1. The highest BCUT2D eigenvalue weighted by Gasteiger charge is 2.39. The van der Waals surface area contributed by atoms with E-state index < -0.39 is 31.3 Å². The van der Waals surface area contributed by atoms with Crippen molar-refractivity contribution in [2.75, 3.05) is 13.1 Å². The molecule has 0 heterocycles. The van der Waals surface area contributed by atoms with Gasteiger partial charge in [0.2, 0.25) is 0 Å². The van der Waals surface area contributed by atoms with Crippen LogP contribution in [0.4, 0.5) is 22.0 Å². The van der Waals surface area contributed by atoms with E-state index in [4.69, 9.17) is 5.11 Å². The summed E-state index contributed by atoms with van der Waals surface area (Å²) >= 11 is 0. The average Bonchev–Trinajstić information content (AvgIpc) is 2.28. The Morgan fingerprint density at radius 3 is 2.11 bits per heavy atom. The second-order valence-corrected chi connectivity index (χ2v) is 3.76. The van der Waals surface area contributed by atoms with Crippen LogP contribution in [-0.4, -0.2) is 30.5 Å². The predicted molar refractivity (Wildman–Crippen MR) is 55.3 cm³/mol. The highest BCUT2D eigenvalue weighted by atomic mass is 19.4. The maximum absolute atomic E-state index is 13.5. The Labute approximate surface area is 100 Å². The summed E-state index contributed by atoms with van der Waals surface area (Å²) in [5.74, 6) is -3.29. The van der Waals surface area contributed by atoms with Crippen LogP contribution in [0, 0.1) is 0 Å². The maximum atomic E-state index is 13.5. The van der Waals surface area contributed by atoms with E-state index >= 15 is 0 Å². The Kier molecular flexibility index (Phi) is 4.64. The van der Waals surface area contributed by atoms with Crippen molar-refractivity contribution >= 4 is 0 Å². The van der Waals surface area contributed by atoms with Crippen LogP contribution in [0.3, 0.4) is 0 Å². The second kappa shape index (κ2) is 5.62. The highest BCUT2D eigenvalue weighted by Crippen LogP contribution is 2.27. The number of aliphatic hydroxyl groups excluding tert-OH is 1. The molecule has 1 rings (SSSR count). The van der Waals surface area contributed by atoms with Gasteiger partial charge in [0.05, 0.1) is 6.54 Å². The SMILES string of the molecule is OC(CNCC(F)(F)c1ccccc1)C(F)(F)F. The van der Waals surface area contributed by atoms with E-state index in [1.54, 1.807) is 6.07 Å². The number of rotatable bonds is 5. The monoisotopic (exact) mass is 269 g/mol. The van der Waals surface area contributed by atoms with Crippen LogP contribution < -0.4 is 5.32 Å². The molecule has 1 aromatic rings. The summed E-state index contributed by atoms with van der Waals surface area (Å²) in [6.45, 7) is -1.93. The highest BCUT2D eigenvalue weighted by molar-refractivity contribution is 5.20. The Bertz CT molecular complexity index is 365. The minimum atomic E-state index is -4.81. The van der Waals surface area contributed by atoms with Crippen molar-refractivity contribution in [3.8, 4) is 0 Å². The zero-order chi connectivity index (χ0) is 13.8. The molecule has 0 saturated carbocycles. The molecule has 0 aliphatic heterocycles. The van der Waals surface area contributed by atoms with Crippen LogP contribution in [0.25, 0.3) is 0 Å². The van der Waals surface area contributed by atoms with Crippen LogP contribution in [0.1, 0.15) is 5.56 Å². The summed E-state index contributed by atoms with van der Waals surface area (Å²) in [5.41, 5.74) is -0.293. The van der Waals surface area contributed by atoms with E-state index in [0.29, 0.717) is 0 Å². The molecule has 0 aliphatic rings. The number of aliphatic hydroxyl groups is 1. The third kappa shape index (κ3) is 4.23. The first-order valence-electron chi connectivity index (χ1n) is 5.12. The molecule has 1 atom stereocenters. The molecule has 0 fully saturated rings. The van der Waals surface area contributed by atoms with Crippen LogP contribution in [0.15, 0.2) is 30.3 Å². The first-order chi connectivity index (χ1) is 8.23. The van der Waals surface area contributed by atoms with Gasteiger partial charge in [0, 0.05) is 12.1 Å². The third-order valence-electron chi connectivity index (χ3n) is 2.26. The quantitative estimate of drug-likeness (QED) is 0.804. The van der Waals surface area contributed by atoms with E-state index in [-0.39, 0.29) is 5.56 Å². The number of hydrogen-bond donors (Lipinski definition) is 2. The van der Waals surface area contributed by atoms with E-state index in [1.807, 2.05) is 5.32 Å². The fourth-order valence-corrected chi connectivity index (χ4v) is 1.27. The van der Waals surface area contributed by atoms with E-state index in [1.165, 1.54) is 24.3 Å². The predicted octanol–water partition coefficient (Wildman–Crippen LogP) is 2.29. The molecule has 2 N–H and O–H groups in total. The van der Waals surface area contributed by atoms with Crippen molar-refractivity contribution in [2.24, 2.45) is 0 Å². The fraction of sp³-hybridized carbons (Fsp3) is 0.455. The lowest BCUT2D eigenvalue weighted by Gasteiger charge is -2.20. The number of alkyl halides is 5. The van der Waals surface area contributed by atoms with Gasteiger partial charge in [-0.25, -0.2) is 0 Å². The minimum absolute atomic E-state index is 0.293. The summed E-state index contributed by atoms with van der Waals surface area (Å²) in [6, 6.07) is 6.74. The molecular formula is C11H12F5NO. The van der Waals surface area contributed by atoms with Crippen LogP contribution in [-0.2, 0) is 5.92 Å². The maximum Gasteiger partial charge on any atom is 0.415 e. The van der Waals surface area contributed by atoms with Gasteiger partial charge in [-0.2, -0.15) is 22.0 Å². The Hall–Kier alpha value is -1.21. The van der Waals surface area contributed by atoms with Gasteiger partial charge in [0.25, 0.3) is 5.92 Å². The zero-order valence-corrected chi connectivity index (χ0v) is 9.22. The summed E-state index contributed by atoms with van der Waals surface area (Å²) in [6.07, 6.45) is -7.46. The van der Waals surface area contributed by atoms with Gasteiger partial charge < -0.3 is 10.4 Å². The Balaban J connectivity index is 2.49. The molecule has 7 heteroatoms. The summed E-state index contributed by atoms with van der Waals surface area (Å²) in [5, 5.41) is 10.5. The van der Waals surface area contributed by atoms with Crippen molar-refractivity contribution in [3.63, 3.8) is 0 Å². The lowest BCUT2D eigenvalue weighted by Crippen LogP contribution is -2.41. The van der Waals surface area contributed by atoms with Gasteiger partial charge in [0.15, 0.2) is 6.10 Å². The molecular weight excluding hydrogens is 257 g/mol. The first-order valence-corrected chi connectivity index (χ1v) is 5.12. The molecule has 0 amide bonds. The van der Waals surface area contributed by atoms with Crippen LogP contribution in [0.2, 0.25) is 0 Å². The van der Waals surface area contributed by atoms with Gasteiger partial charge in [0.1, 0.15) is 0 Å². The summed E-state index contributed by atoms with van der Waals surface area (Å²) in [4.78, 5) is 0. The summed E-state index contributed by atoms with van der Waals surface area (Å²) < 4.78 is 62.7. The van der Waals surface area contributed by atoms with E-state index in [9.17, 15) is 22.0 Å². The number of hydrogen-bond acceptors (Lipinski definition) is 2. The van der Waals surface area contributed by atoms with Crippen molar-refractivity contribution < 1.29 is 27.1 Å². The standard InChI is InChI=1S/C11H12F5NO/c12-10(13,8-4-2-1-3-5-8)7-17-6-9(18)11(14,15)16/h1-5,9,17-18H,6-7H2. The van der Waals surface area contributed by atoms with Crippen LogP contribution >= 0.6 is 0 Å². The molecule has 0 saturated heterocycles. The molecule has 0 radical (unpaired) electrons. The van der Waals surface area contributed by atoms with E-state index in [2.05, 4.69) is 0 Å². The molecule has 0 aromatic heterocycles. The zero-order valence-electron chi connectivity index (χ0n) is 9.22. The smallest absolute Gasteiger partial charge is 0.382 e. The number of halogens is 5. The van der Waals surface area contributed by atoms with Gasteiger partial charge in [-0.3, -0.25) is 0 Å². The Morgan fingerprint density at radius 2 is 1.61 bits per heavy atom. The molecule has 0 bridgehead atoms. The van der Waals surface area contributed by atoms with Crippen molar-refractivity contribution in [2.45, 2.75) is 18.2 Å². The fourth-order valence-electron chi connectivity index (χ4n) is 1.27. The van der Waals surface area contributed by atoms with Crippen LogP contribution in [0.5, 0.6) is 0 Å². The van der Waals surface area contributed by atoms with Crippen molar-refractivity contribution in [1.29, 1.82) is 0 Å². The minimum Gasteiger partial charge on any atom is -0.382 e. The lowest BCUT2D eigenvalue weighted by atomic mass is 10.1. The van der Waals surface area contributed by atoms with Gasteiger partial charge in [-0.05, 0) is 0 Å². The molecule has 1 aromatic carbocycles. The molecule has 2 nitrogen and oxygen atoms in total. The summed E-state index contributed by atoms with van der Waals surface area (Å²) in [7, 11) is 0. The first kappa shape index (κ1) is 14.8. The lowest BCUT2D eigenvalue weighted by molar-refractivity contribution is -0.202. The topological polar surface area (TPSA) is 32.3 Å². The van der Waals surface area contributed by atoms with Gasteiger partial charge in [-0.15, -0.1) is 0 Å². The number of nitrogens with one attached hydrogen (secondary N) is 1. The Morgan fingerprint density at radius 1 is 1.06 bits per heavy atom. The average molecular weight is 269 g/mol. The molecule has 102 valence electrons. The second-order valence-electron chi connectivity index (χ2n) is 3.76. The van der Waals surface area contributed by atoms with Gasteiger partial charge >= 0.3 is 6.18 Å². The third-order valence-corrected chi connectivity index (χ3v) is 2.26. The normalized spacial score (nSPS) is 14.6. The van der Waals surface area contributed by atoms with Crippen molar-refractivity contribution in [1.82, 2.24) is 5.32 Å². The molecule has 0 aliphatic carbocycles. The van der Waals surface area contributed by atoms with E-state index in [0.717, 1.165) is 0 Å². The largest absolute Gasteiger partial charge is 0.415 e. The van der Waals surface area contributed by atoms with Gasteiger partial charge in [-0.1, -0.05) is 30.3 Å². The molecule has 1 unspecified atom stereocenters.